The van der Waals surface area contributed by atoms with Gasteiger partial charge >= 0.3 is 0 Å². The van der Waals surface area contributed by atoms with Crippen LogP contribution >= 0.6 is 0 Å². The second-order valence-electron chi connectivity index (χ2n) is 6.47. The van der Waals surface area contributed by atoms with E-state index in [0.717, 1.165) is 23.3 Å². The van der Waals surface area contributed by atoms with E-state index in [1.165, 1.54) is 19.6 Å². The van der Waals surface area contributed by atoms with Crippen molar-refractivity contribution in [3.05, 3.63) is 35.4 Å². The molecular formula is C19H23N3O5. The molecule has 0 spiro atoms. The molecule has 27 heavy (non-hydrogen) atoms. The fraction of sp³-hybridized carbons (Fsp3) is 0.421. The summed E-state index contributed by atoms with van der Waals surface area (Å²) in [6.45, 7) is 0.202. The number of carbonyl (C=O) groups is 3. The van der Waals surface area contributed by atoms with E-state index in [0.29, 0.717) is 11.8 Å². The number of rotatable bonds is 5. The number of amides is 3. The Balaban J connectivity index is 2.07. The maximum Gasteiger partial charge on any atom is 0.275 e. The summed E-state index contributed by atoms with van der Waals surface area (Å²) in [7, 11) is 2.63. The molecule has 1 unspecified atom stereocenters. The number of hydrogen-bond acceptors (Lipinski definition) is 5. The van der Waals surface area contributed by atoms with Crippen LogP contribution in [-0.2, 0) is 9.59 Å². The number of hydrogen-bond donors (Lipinski definition) is 4. The summed E-state index contributed by atoms with van der Waals surface area (Å²) in [5.41, 5.74) is 2.43. The van der Waals surface area contributed by atoms with Gasteiger partial charge in [0.1, 0.15) is 0 Å². The SMILES string of the molecule is CNC(=O)C(C(=O)NO)N(C)C(=O)c1ccc(C#CC2CC(CO)C2)cc1. The van der Waals surface area contributed by atoms with Crippen molar-refractivity contribution in [2.45, 2.75) is 18.9 Å². The molecule has 1 saturated carbocycles. The minimum Gasteiger partial charge on any atom is -0.396 e. The first-order valence-corrected chi connectivity index (χ1v) is 8.56. The molecule has 0 radical (unpaired) electrons. The fourth-order valence-electron chi connectivity index (χ4n) is 2.87. The molecule has 0 aromatic heterocycles. The molecule has 1 aromatic rings. The Morgan fingerprint density at radius 3 is 2.37 bits per heavy atom. The average Bonchev–Trinajstić information content (AvgIpc) is 2.66. The number of likely N-dealkylation sites (N-methyl/N-ethyl adjacent to an activating group) is 2. The molecule has 1 atom stereocenters. The minimum absolute atomic E-state index is 0.202. The van der Waals surface area contributed by atoms with Crippen LogP contribution in [0.15, 0.2) is 24.3 Å². The van der Waals surface area contributed by atoms with E-state index >= 15 is 0 Å². The highest BCUT2D eigenvalue weighted by molar-refractivity contribution is 6.08. The highest BCUT2D eigenvalue weighted by atomic mass is 16.5. The predicted molar refractivity (Wildman–Crippen MR) is 96.5 cm³/mol. The first kappa shape index (κ1) is 20.4. The quantitative estimate of drug-likeness (QED) is 0.246. The molecule has 0 heterocycles. The molecule has 2 rings (SSSR count). The first-order chi connectivity index (χ1) is 12.9. The molecular weight excluding hydrogens is 350 g/mol. The van der Waals surface area contributed by atoms with Gasteiger partial charge in [-0.15, -0.1) is 0 Å². The molecule has 1 aliphatic carbocycles. The van der Waals surface area contributed by atoms with Crippen LogP contribution in [0.1, 0.15) is 28.8 Å². The smallest absolute Gasteiger partial charge is 0.275 e. The molecule has 3 amide bonds. The molecule has 0 aliphatic heterocycles. The summed E-state index contributed by atoms with van der Waals surface area (Å²) in [5.74, 6) is 4.56. The van der Waals surface area contributed by atoms with E-state index in [1.54, 1.807) is 24.3 Å². The largest absolute Gasteiger partial charge is 0.396 e. The maximum absolute atomic E-state index is 12.6. The summed E-state index contributed by atoms with van der Waals surface area (Å²) in [4.78, 5) is 37.1. The minimum atomic E-state index is -1.50. The number of benzene rings is 1. The first-order valence-electron chi connectivity index (χ1n) is 8.56. The van der Waals surface area contributed by atoms with Crippen molar-refractivity contribution in [1.82, 2.24) is 15.7 Å². The van der Waals surface area contributed by atoms with Gasteiger partial charge in [0, 0.05) is 37.7 Å². The number of nitrogens with one attached hydrogen (secondary N) is 2. The lowest BCUT2D eigenvalue weighted by Crippen LogP contribution is -2.54. The maximum atomic E-state index is 12.6. The van der Waals surface area contributed by atoms with Crippen molar-refractivity contribution in [3.8, 4) is 11.8 Å². The third-order valence-corrected chi connectivity index (χ3v) is 4.61. The van der Waals surface area contributed by atoms with Crippen LogP contribution in [0.2, 0.25) is 0 Å². The Bertz CT molecular complexity index is 744. The van der Waals surface area contributed by atoms with Crippen molar-refractivity contribution in [2.24, 2.45) is 11.8 Å². The van der Waals surface area contributed by atoms with Gasteiger partial charge in [-0.25, -0.2) is 5.48 Å². The Hall–Kier alpha value is -2.89. The van der Waals surface area contributed by atoms with Gasteiger partial charge in [-0.1, -0.05) is 11.8 Å². The van der Waals surface area contributed by atoms with E-state index in [4.69, 9.17) is 10.3 Å². The Labute approximate surface area is 157 Å². The van der Waals surface area contributed by atoms with Gasteiger partial charge in [0.05, 0.1) is 0 Å². The van der Waals surface area contributed by atoms with Crippen LogP contribution in [0.25, 0.3) is 0 Å². The second kappa shape index (κ2) is 9.16. The zero-order valence-electron chi connectivity index (χ0n) is 15.2. The summed E-state index contributed by atoms with van der Waals surface area (Å²) >= 11 is 0. The van der Waals surface area contributed by atoms with Gasteiger partial charge in [-0.3, -0.25) is 19.6 Å². The van der Waals surface area contributed by atoms with Crippen LogP contribution in [0.5, 0.6) is 0 Å². The lowest BCUT2D eigenvalue weighted by Gasteiger charge is -2.29. The van der Waals surface area contributed by atoms with E-state index in [1.807, 2.05) is 0 Å². The summed E-state index contributed by atoms with van der Waals surface area (Å²) in [5, 5.41) is 20.1. The summed E-state index contributed by atoms with van der Waals surface area (Å²) < 4.78 is 0. The normalized spacial score (nSPS) is 19.0. The lowest BCUT2D eigenvalue weighted by atomic mass is 9.76. The molecule has 8 heteroatoms. The lowest BCUT2D eigenvalue weighted by molar-refractivity contribution is -0.140. The molecule has 1 aliphatic rings. The summed E-state index contributed by atoms with van der Waals surface area (Å²) in [6, 6.07) is 5.02. The zero-order valence-corrected chi connectivity index (χ0v) is 15.2. The van der Waals surface area contributed by atoms with E-state index in [-0.39, 0.29) is 12.2 Å². The molecule has 1 aromatic carbocycles. The van der Waals surface area contributed by atoms with Crippen molar-refractivity contribution in [3.63, 3.8) is 0 Å². The van der Waals surface area contributed by atoms with Gasteiger partial charge in [0.2, 0.25) is 0 Å². The van der Waals surface area contributed by atoms with Crippen molar-refractivity contribution >= 4 is 17.7 Å². The Morgan fingerprint density at radius 2 is 1.85 bits per heavy atom. The van der Waals surface area contributed by atoms with Gasteiger partial charge in [-0.2, -0.15) is 0 Å². The number of aliphatic hydroxyl groups is 1. The average molecular weight is 373 g/mol. The van der Waals surface area contributed by atoms with Gasteiger partial charge < -0.3 is 15.3 Å². The van der Waals surface area contributed by atoms with Gasteiger partial charge in [0.15, 0.2) is 6.04 Å². The van der Waals surface area contributed by atoms with Gasteiger partial charge in [0.25, 0.3) is 17.7 Å². The number of hydroxylamine groups is 1. The highest BCUT2D eigenvalue weighted by Crippen LogP contribution is 2.32. The predicted octanol–water partition coefficient (Wildman–Crippen LogP) is -0.251. The van der Waals surface area contributed by atoms with Crippen LogP contribution in [0.3, 0.4) is 0 Å². The topological polar surface area (TPSA) is 119 Å². The van der Waals surface area contributed by atoms with Crippen LogP contribution in [-0.4, -0.2) is 59.7 Å². The summed E-state index contributed by atoms with van der Waals surface area (Å²) in [6.07, 6.45) is 1.80. The number of aliphatic hydroxyl groups excluding tert-OH is 1. The van der Waals surface area contributed by atoms with Crippen LogP contribution in [0, 0.1) is 23.7 Å². The highest BCUT2D eigenvalue weighted by Gasteiger charge is 2.33. The number of carbonyl (C=O) groups excluding carboxylic acids is 3. The molecule has 0 saturated heterocycles. The van der Waals surface area contributed by atoms with E-state index in [2.05, 4.69) is 17.2 Å². The zero-order chi connectivity index (χ0) is 20.0. The molecule has 4 N–H and O–H groups in total. The van der Waals surface area contributed by atoms with Gasteiger partial charge in [-0.05, 0) is 43.0 Å². The van der Waals surface area contributed by atoms with Crippen molar-refractivity contribution in [1.29, 1.82) is 0 Å². The fourth-order valence-corrected chi connectivity index (χ4v) is 2.87. The monoisotopic (exact) mass is 373 g/mol. The third kappa shape index (κ3) is 4.84. The third-order valence-electron chi connectivity index (χ3n) is 4.61. The second-order valence-corrected chi connectivity index (χ2v) is 6.47. The van der Waals surface area contributed by atoms with E-state index in [9.17, 15) is 14.4 Å². The molecule has 0 bridgehead atoms. The Morgan fingerprint density at radius 1 is 1.22 bits per heavy atom. The Kier molecular flexibility index (Phi) is 6.93. The van der Waals surface area contributed by atoms with Crippen LogP contribution in [0.4, 0.5) is 0 Å². The molecule has 8 nitrogen and oxygen atoms in total. The van der Waals surface area contributed by atoms with Crippen molar-refractivity contribution in [2.75, 3.05) is 20.7 Å². The standard InChI is InChI=1S/C19H23N3O5/c1-20-17(24)16(18(25)21-27)22(2)19(26)15-7-5-12(6-8-15)3-4-13-9-14(10-13)11-23/h5-8,13-14,16,23,27H,9-11H2,1-2H3,(H,20,24)(H,21,25). The van der Waals surface area contributed by atoms with E-state index < -0.39 is 23.8 Å². The number of nitrogens with zero attached hydrogens (tertiary/aromatic N) is 1. The molecule has 144 valence electrons. The van der Waals surface area contributed by atoms with Crippen LogP contribution < -0.4 is 10.8 Å². The van der Waals surface area contributed by atoms with Crippen molar-refractivity contribution < 1.29 is 24.7 Å². The molecule has 1 fully saturated rings.